The number of aliphatic carboxylic acids is 1. The second-order valence-corrected chi connectivity index (χ2v) is 5.36. The Morgan fingerprint density at radius 1 is 1.19 bits per heavy atom. The van der Waals surface area contributed by atoms with Gasteiger partial charge in [-0.25, -0.2) is 0 Å². The van der Waals surface area contributed by atoms with Gasteiger partial charge < -0.3 is 15.1 Å². The average Bonchev–Trinajstić information content (AvgIpc) is 3.01. The minimum atomic E-state index is -0.878. The maximum atomic E-state index is 11.8. The Hall–Kier alpha value is -1.10. The predicted octanol–water partition coefficient (Wildman–Crippen LogP) is -0.310. The third-order valence-electron chi connectivity index (χ3n) is 4.00. The molecule has 0 radical (unpaired) electrons. The molecule has 0 aromatic rings. The maximum Gasteiger partial charge on any atom is 0.307 e. The molecule has 2 saturated carbocycles. The quantitative estimate of drug-likeness (QED) is 0.690. The number of likely N-dealkylation sites (tertiary alicyclic amines) is 1. The topological polar surface area (TPSA) is 77.8 Å². The second-order valence-electron chi connectivity index (χ2n) is 5.36. The van der Waals surface area contributed by atoms with E-state index in [2.05, 4.69) is 0 Å². The summed E-state index contributed by atoms with van der Waals surface area (Å²) in [6.07, 6.45) is 2.58. The molecule has 3 rings (SSSR count). The number of carbonyl (C=O) groups is 2. The van der Waals surface area contributed by atoms with Gasteiger partial charge in [0.25, 0.3) is 0 Å². The fraction of sp³-hybridized carbons (Fsp3) is 0.818. The van der Waals surface area contributed by atoms with Crippen molar-refractivity contribution in [2.45, 2.75) is 24.9 Å². The van der Waals surface area contributed by atoms with Gasteiger partial charge in [0.2, 0.25) is 5.91 Å². The molecule has 3 fully saturated rings. The summed E-state index contributed by atoms with van der Waals surface area (Å²) < 4.78 is 0. The van der Waals surface area contributed by atoms with Crippen molar-refractivity contribution in [2.75, 3.05) is 13.1 Å². The summed E-state index contributed by atoms with van der Waals surface area (Å²) >= 11 is 0. The monoisotopic (exact) mass is 225 g/mol. The highest BCUT2D eigenvalue weighted by Crippen LogP contribution is 2.47. The molecule has 5 heteroatoms. The van der Waals surface area contributed by atoms with Gasteiger partial charge in [-0.3, -0.25) is 9.59 Å². The molecular weight excluding hydrogens is 210 g/mol. The number of hydrogen-bond donors (Lipinski definition) is 2. The van der Waals surface area contributed by atoms with Crippen molar-refractivity contribution in [3.05, 3.63) is 0 Å². The van der Waals surface area contributed by atoms with Crippen molar-refractivity contribution in [2.24, 2.45) is 17.8 Å². The smallest absolute Gasteiger partial charge is 0.307 e. The molecule has 0 unspecified atom stereocenters. The van der Waals surface area contributed by atoms with E-state index in [0.717, 1.165) is 12.8 Å². The normalized spacial score (nSPS) is 35.4. The Morgan fingerprint density at radius 2 is 1.81 bits per heavy atom. The number of β-amino-alcohol motifs (C(OH)–C–C–N with tert-alkyl or cyclic N) is 1. The highest BCUT2D eigenvalue weighted by atomic mass is 16.4. The largest absolute Gasteiger partial charge is 0.481 e. The lowest BCUT2D eigenvalue weighted by molar-refractivity contribution is -0.161. The Labute approximate surface area is 93.0 Å². The van der Waals surface area contributed by atoms with Gasteiger partial charge in [-0.1, -0.05) is 0 Å². The molecule has 1 amide bonds. The number of rotatable bonds is 3. The van der Waals surface area contributed by atoms with Gasteiger partial charge in [-0.05, 0) is 25.2 Å². The van der Waals surface area contributed by atoms with Crippen LogP contribution in [0.1, 0.15) is 19.3 Å². The van der Waals surface area contributed by atoms with Crippen LogP contribution >= 0.6 is 0 Å². The number of carboxylic acid groups (broad SMARTS) is 1. The minimum absolute atomic E-state index is 0.0854. The third-order valence-corrected chi connectivity index (χ3v) is 4.00. The van der Waals surface area contributed by atoms with Gasteiger partial charge in [0.1, 0.15) is 5.60 Å². The molecule has 3 aliphatic rings. The molecule has 0 spiro atoms. The molecule has 88 valence electrons. The SMILES string of the molecule is O=C(O)[C@H]1C[C@H]1C(=O)N1CC(O)(C2CC2)C1. The standard InChI is InChI=1S/C11H15NO4/c13-9(7-3-8(7)10(14)15)12-4-11(16,5-12)6-1-2-6/h6-8,16H,1-5H2,(H,14,15)/t7-,8+/m1/s1. The molecule has 1 heterocycles. The molecule has 0 aromatic carbocycles. The zero-order chi connectivity index (χ0) is 11.5. The first kappa shape index (κ1) is 10.1. The van der Waals surface area contributed by atoms with E-state index in [-0.39, 0.29) is 11.8 Å². The number of hydrogen-bond acceptors (Lipinski definition) is 3. The van der Waals surface area contributed by atoms with Crippen LogP contribution in [-0.2, 0) is 9.59 Å². The van der Waals surface area contributed by atoms with E-state index in [4.69, 9.17) is 5.11 Å². The average molecular weight is 225 g/mol. The zero-order valence-electron chi connectivity index (χ0n) is 8.93. The lowest BCUT2D eigenvalue weighted by Crippen LogP contribution is -2.65. The van der Waals surface area contributed by atoms with Crippen LogP contribution < -0.4 is 0 Å². The number of carbonyl (C=O) groups excluding carboxylic acids is 1. The fourth-order valence-electron chi connectivity index (χ4n) is 2.62. The van der Waals surface area contributed by atoms with Gasteiger partial charge in [-0.2, -0.15) is 0 Å². The van der Waals surface area contributed by atoms with Gasteiger partial charge in [0.15, 0.2) is 0 Å². The minimum Gasteiger partial charge on any atom is -0.481 e. The van der Waals surface area contributed by atoms with Crippen LogP contribution in [0, 0.1) is 17.8 Å². The van der Waals surface area contributed by atoms with E-state index in [0.29, 0.717) is 25.4 Å². The Morgan fingerprint density at radius 3 is 2.25 bits per heavy atom. The zero-order valence-corrected chi connectivity index (χ0v) is 8.93. The summed E-state index contributed by atoms with van der Waals surface area (Å²) in [7, 11) is 0. The lowest BCUT2D eigenvalue weighted by Gasteiger charge is -2.47. The highest BCUT2D eigenvalue weighted by Gasteiger charge is 2.57. The van der Waals surface area contributed by atoms with Crippen molar-refractivity contribution in [1.82, 2.24) is 4.90 Å². The maximum absolute atomic E-state index is 11.8. The van der Waals surface area contributed by atoms with E-state index in [9.17, 15) is 14.7 Å². The highest BCUT2D eigenvalue weighted by molar-refractivity contribution is 5.90. The van der Waals surface area contributed by atoms with Crippen molar-refractivity contribution in [3.63, 3.8) is 0 Å². The summed E-state index contributed by atoms with van der Waals surface area (Å²) in [6.45, 7) is 0.804. The van der Waals surface area contributed by atoms with Crippen molar-refractivity contribution >= 4 is 11.9 Å². The van der Waals surface area contributed by atoms with Gasteiger partial charge >= 0.3 is 5.97 Å². The molecule has 0 bridgehead atoms. The molecule has 1 saturated heterocycles. The predicted molar refractivity (Wildman–Crippen MR) is 53.5 cm³/mol. The van der Waals surface area contributed by atoms with E-state index in [1.807, 2.05) is 0 Å². The van der Waals surface area contributed by atoms with Crippen LogP contribution in [0.2, 0.25) is 0 Å². The molecule has 2 aliphatic carbocycles. The Balaban J connectivity index is 1.53. The summed E-state index contributed by atoms with van der Waals surface area (Å²) in [5.74, 6) is -1.41. The fourth-order valence-corrected chi connectivity index (χ4v) is 2.62. The molecule has 5 nitrogen and oxygen atoms in total. The first-order valence-electron chi connectivity index (χ1n) is 5.75. The third kappa shape index (κ3) is 1.42. The molecule has 1 aliphatic heterocycles. The van der Waals surface area contributed by atoms with Crippen LogP contribution in [0.25, 0.3) is 0 Å². The van der Waals surface area contributed by atoms with Crippen LogP contribution in [0.3, 0.4) is 0 Å². The van der Waals surface area contributed by atoms with Crippen LogP contribution in [0.4, 0.5) is 0 Å². The van der Waals surface area contributed by atoms with Gasteiger partial charge in [0, 0.05) is 0 Å². The summed E-state index contributed by atoms with van der Waals surface area (Å²) in [5.41, 5.74) is -0.663. The van der Waals surface area contributed by atoms with Crippen molar-refractivity contribution < 1.29 is 19.8 Å². The van der Waals surface area contributed by atoms with Gasteiger partial charge in [0.05, 0.1) is 24.9 Å². The van der Waals surface area contributed by atoms with E-state index in [1.165, 1.54) is 0 Å². The summed E-state index contributed by atoms with van der Waals surface area (Å²) in [4.78, 5) is 24.0. The molecule has 2 N–H and O–H groups in total. The Bertz CT molecular complexity index is 357. The number of nitrogens with zero attached hydrogens (tertiary/aromatic N) is 1. The van der Waals surface area contributed by atoms with Crippen molar-refractivity contribution in [3.8, 4) is 0 Å². The summed E-state index contributed by atoms with van der Waals surface area (Å²) in [5, 5.41) is 18.8. The van der Waals surface area contributed by atoms with Crippen LogP contribution in [0.5, 0.6) is 0 Å². The van der Waals surface area contributed by atoms with E-state index in [1.54, 1.807) is 4.90 Å². The number of aliphatic hydroxyl groups is 1. The molecule has 0 aromatic heterocycles. The summed E-state index contributed by atoms with van der Waals surface area (Å²) in [6, 6.07) is 0. The first-order chi connectivity index (χ1) is 7.51. The van der Waals surface area contributed by atoms with Crippen LogP contribution in [0.15, 0.2) is 0 Å². The second kappa shape index (κ2) is 2.97. The van der Waals surface area contributed by atoms with E-state index < -0.39 is 17.5 Å². The molecular formula is C11H15NO4. The lowest BCUT2D eigenvalue weighted by atomic mass is 9.88. The number of amides is 1. The molecule has 16 heavy (non-hydrogen) atoms. The molecule has 2 atom stereocenters. The van der Waals surface area contributed by atoms with E-state index >= 15 is 0 Å². The first-order valence-corrected chi connectivity index (χ1v) is 5.75. The van der Waals surface area contributed by atoms with Gasteiger partial charge in [-0.15, -0.1) is 0 Å². The number of carboxylic acids is 1. The van der Waals surface area contributed by atoms with Crippen molar-refractivity contribution in [1.29, 1.82) is 0 Å². The van der Waals surface area contributed by atoms with Crippen LogP contribution in [-0.4, -0.2) is 45.7 Å². The Kier molecular flexibility index (Phi) is 1.87.